The molecule has 0 atom stereocenters. The van der Waals surface area contributed by atoms with E-state index in [4.69, 9.17) is 9.47 Å². The standard InChI is InChI=1S/C17H23NO5/c1-16(2,3)23-15(20)18-17(9-10-17)11-22-13-7-5-12(6-8-13)14(19)21-4/h5-8H,9-11H2,1-4H3,(H,18,20). The summed E-state index contributed by atoms with van der Waals surface area (Å²) in [5.41, 5.74) is -0.415. The monoisotopic (exact) mass is 321 g/mol. The molecule has 1 aromatic rings. The van der Waals surface area contributed by atoms with Crippen molar-refractivity contribution < 1.29 is 23.8 Å². The lowest BCUT2D eigenvalue weighted by Gasteiger charge is -2.23. The van der Waals surface area contributed by atoms with Crippen molar-refractivity contribution in [2.75, 3.05) is 13.7 Å². The molecule has 0 spiro atoms. The quantitative estimate of drug-likeness (QED) is 0.844. The van der Waals surface area contributed by atoms with Crippen molar-refractivity contribution in [3.05, 3.63) is 29.8 Å². The van der Waals surface area contributed by atoms with Gasteiger partial charge in [-0.1, -0.05) is 0 Å². The lowest BCUT2D eigenvalue weighted by Crippen LogP contribution is -2.44. The molecule has 0 aliphatic heterocycles. The Morgan fingerprint density at radius 1 is 1.17 bits per heavy atom. The van der Waals surface area contributed by atoms with Crippen LogP contribution in [-0.2, 0) is 9.47 Å². The highest BCUT2D eigenvalue weighted by Gasteiger charge is 2.46. The zero-order valence-corrected chi connectivity index (χ0v) is 14.0. The van der Waals surface area contributed by atoms with Gasteiger partial charge in [-0.3, -0.25) is 0 Å². The molecule has 1 aromatic carbocycles. The van der Waals surface area contributed by atoms with Crippen molar-refractivity contribution in [3.8, 4) is 5.75 Å². The Labute approximate surface area is 136 Å². The van der Waals surface area contributed by atoms with Crippen LogP contribution in [-0.4, -0.2) is 36.9 Å². The Balaban J connectivity index is 1.85. The van der Waals surface area contributed by atoms with Crippen LogP contribution in [0, 0.1) is 0 Å². The first-order valence-corrected chi connectivity index (χ1v) is 7.55. The van der Waals surface area contributed by atoms with Gasteiger partial charge in [0.2, 0.25) is 0 Å². The van der Waals surface area contributed by atoms with Gasteiger partial charge >= 0.3 is 12.1 Å². The molecule has 6 nitrogen and oxygen atoms in total. The number of methoxy groups -OCH3 is 1. The average Bonchev–Trinajstić information content (AvgIpc) is 3.22. The molecule has 1 fully saturated rings. The van der Waals surface area contributed by atoms with Gasteiger partial charge in [0, 0.05) is 0 Å². The fourth-order valence-corrected chi connectivity index (χ4v) is 2.00. The fourth-order valence-electron chi connectivity index (χ4n) is 2.00. The molecule has 0 aromatic heterocycles. The van der Waals surface area contributed by atoms with E-state index in [9.17, 15) is 9.59 Å². The third kappa shape index (κ3) is 5.16. The van der Waals surface area contributed by atoms with Crippen LogP contribution in [0.5, 0.6) is 5.75 Å². The zero-order chi connectivity index (χ0) is 17.1. The van der Waals surface area contributed by atoms with Gasteiger partial charge < -0.3 is 19.5 Å². The van der Waals surface area contributed by atoms with Gasteiger partial charge in [0.1, 0.15) is 18.0 Å². The molecular weight excluding hydrogens is 298 g/mol. The largest absolute Gasteiger partial charge is 0.491 e. The Bertz CT molecular complexity index is 570. The van der Waals surface area contributed by atoms with Gasteiger partial charge in [0.05, 0.1) is 18.2 Å². The summed E-state index contributed by atoms with van der Waals surface area (Å²) < 4.78 is 15.6. The molecule has 6 heteroatoms. The van der Waals surface area contributed by atoms with Gasteiger partial charge in [0.15, 0.2) is 0 Å². The number of esters is 1. The fraction of sp³-hybridized carbons (Fsp3) is 0.529. The van der Waals surface area contributed by atoms with E-state index in [-0.39, 0.29) is 11.5 Å². The van der Waals surface area contributed by atoms with E-state index in [1.165, 1.54) is 7.11 Å². The summed E-state index contributed by atoms with van der Waals surface area (Å²) in [5, 5.41) is 2.87. The number of carbonyl (C=O) groups excluding carboxylic acids is 2. The van der Waals surface area contributed by atoms with Crippen LogP contribution < -0.4 is 10.1 Å². The van der Waals surface area contributed by atoms with Gasteiger partial charge in [-0.25, -0.2) is 9.59 Å². The summed E-state index contributed by atoms with van der Waals surface area (Å²) in [4.78, 5) is 23.2. The summed E-state index contributed by atoms with van der Waals surface area (Å²) >= 11 is 0. The van der Waals surface area contributed by atoms with E-state index in [1.54, 1.807) is 24.3 Å². The topological polar surface area (TPSA) is 73.9 Å². The van der Waals surface area contributed by atoms with Gasteiger partial charge in [-0.15, -0.1) is 0 Å². The third-order valence-electron chi connectivity index (χ3n) is 3.41. The first-order valence-electron chi connectivity index (χ1n) is 7.55. The van der Waals surface area contributed by atoms with Crippen molar-refractivity contribution in [1.82, 2.24) is 5.32 Å². The van der Waals surface area contributed by atoms with E-state index in [2.05, 4.69) is 10.1 Å². The second kappa shape index (κ2) is 6.48. The highest BCUT2D eigenvalue weighted by Crippen LogP contribution is 2.36. The molecule has 0 unspecified atom stereocenters. The van der Waals surface area contributed by atoms with E-state index in [0.717, 1.165) is 12.8 Å². The molecular formula is C17H23NO5. The van der Waals surface area contributed by atoms with E-state index >= 15 is 0 Å². The molecule has 0 heterocycles. The van der Waals surface area contributed by atoms with Crippen LogP contribution in [0.15, 0.2) is 24.3 Å². The molecule has 0 radical (unpaired) electrons. The van der Waals surface area contributed by atoms with Gasteiger partial charge in [-0.2, -0.15) is 0 Å². The summed E-state index contributed by atoms with van der Waals surface area (Å²) in [7, 11) is 1.34. The van der Waals surface area contributed by atoms with Crippen LogP contribution in [0.1, 0.15) is 44.0 Å². The molecule has 0 saturated heterocycles. The molecule has 1 aliphatic carbocycles. The van der Waals surface area contributed by atoms with Gasteiger partial charge in [-0.05, 0) is 57.9 Å². The van der Waals surface area contributed by atoms with Crippen molar-refractivity contribution in [2.24, 2.45) is 0 Å². The lowest BCUT2D eigenvalue weighted by atomic mass is 10.2. The molecule has 1 aliphatic rings. The average molecular weight is 321 g/mol. The predicted molar refractivity (Wildman–Crippen MR) is 84.6 cm³/mol. The number of hydrogen-bond donors (Lipinski definition) is 1. The van der Waals surface area contributed by atoms with Crippen LogP contribution in [0.2, 0.25) is 0 Å². The van der Waals surface area contributed by atoms with E-state index < -0.39 is 11.7 Å². The number of carbonyl (C=O) groups is 2. The van der Waals surface area contributed by atoms with Crippen LogP contribution in [0.4, 0.5) is 4.79 Å². The van der Waals surface area contributed by atoms with E-state index in [0.29, 0.717) is 17.9 Å². The maximum absolute atomic E-state index is 11.8. The minimum Gasteiger partial charge on any atom is -0.491 e. The van der Waals surface area contributed by atoms with Crippen molar-refractivity contribution >= 4 is 12.1 Å². The van der Waals surface area contributed by atoms with Gasteiger partial charge in [0.25, 0.3) is 0 Å². The number of alkyl carbamates (subject to hydrolysis) is 1. The molecule has 1 N–H and O–H groups in total. The third-order valence-corrected chi connectivity index (χ3v) is 3.41. The molecule has 2 rings (SSSR count). The highest BCUT2D eigenvalue weighted by atomic mass is 16.6. The molecule has 1 saturated carbocycles. The number of hydrogen-bond acceptors (Lipinski definition) is 5. The highest BCUT2D eigenvalue weighted by molar-refractivity contribution is 5.89. The Kier molecular flexibility index (Phi) is 4.82. The summed E-state index contributed by atoms with van der Waals surface area (Å²) in [6, 6.07) is 6.69. The molecule has 0 bridgehead atoms. The number of rotatable bonds is 5. The second-order valence-electron chi connectivity index (χ2n) is 6.71. The zero-order valence-electron chi connectivity index (χ0n) is 14.0. The summed E-state index contributed by atoms with van der Waals surface area (Å²) in [5.74, 6) is 0.247. The normalized spacial score (nSPS) is 15.5. The lowest BCUT2D eigenvalue weighted by molar-refractivity contribution is 0.0476. The summed E-state index contributed by atoms with van der Waals surface area (Å²) in [6.45, 7) is 5.84. The first kappa shape index (κ1) is 17.1. The maximum atomic E-state index is 11.8. The van der Waals surface area contributed by atoms with Crippen molar-refractivity contribution in [2.45, 2.75) is 44.8 Å². The van der Waals surface area contributed by atoms with Crippen molar-refractivity contribution in [1.29, 1.82) is 0 Å². The molecule has 126 valence electrons. The Morgan fingerprint density at radius 3 is 2.26 bits per heavy atom. The van der Waals surface area contributed by atoms with Crippen LogP contribution in [0.25, 0.3) is 0 Å². The SMILES string of the molecule is COC(=O)c1ccc(OCC2(NC(=O)OC(C)(C)C)CC2)cc1. The molecule has 23 heavy (non-hydrogen) atoms. The Hall–Kier alpha value is -2.24. The number of amides is 1. The van der Waals surface area contributed by atoms with Crippen LogP contribution in [0.3, 0.4) is 0 Å². The van der Waals surface area contributed by atoms with Crippen molar-refractivity contribution in [3.63, 3.8) is 0 Å². The minimum absolute atomic E-state index is 0.358. The number of nitrogens with one attached hydrogen (secondary N) is 1. The smallest absolute Gasteiger partial charge is 0.408 e. The Morgan fingerprint density at radius 2 is 1.78 bits per heavy atom. The maximum Gasteiger partial charge on any atom is 0.408 e. The van der Waals surface area contributed by atoms with Crippen LogP contribution >= 0.6 is 0 Å². The molecule has 1 amide bonds. The first-order chi connectivity index (χ1) is 10.7. The minimum atomic E-state index is -0.523. The number of benzene rings is 1. The predicted octanol–water partition coefficient (Wildman–Crippen LogP) is 2.91. The van der Waals surface area contributed by atoms with E-state index in [1.807, 2.05) is 20.8 Å². The number of ether oxygens (including phenoxy) is 3. The summed E-state index contributed by atoms with van der Waals surface area (Å²) in [6.07, 6.45) is 1.28. The second-order valence-corrected chi connectivity index (χ2v) is 6.71.